The van der Waals surface area contributed by atoms with E-state index in [9.17, 15) is 39.0 Å². The van der Waals surface area contributed by atoms with Crippen LogP contribution in [-0.4, -0.2) is 94.9 Å². The van der Waals surface area contributed by atoms with Gasteiger partial charge in [0.05, 0.1) is 17.1 Å². The molecule has 2 saturated carbocycles. The van der Waals surface area contributed by atoms with Crippen LogP contribution in [0.1, 0.15) is 85.5 Å². The van der Waals surface area contributed by atoms with Gasteiger partial charge in [-0.1, -0.05) is 39.0 Å². The Hall–Kier alpha value is -4.30. The molecule has 2 N–H and O–H groups in total. The van der Waals surface area contributed by atoms with Crippen LogP contribution in [0.3, 0.4) is 0 Å². The summed E-state index contributed by atoms with van der Waals surface area (Å²) in [6.45, 7) is 11.7. The lowest BCUT2D eigenvalue weighted by molar-refractivity contribution is -0.298. The van der Waals surface area contributed by atoms with Gasteiger partial charge in [-0.15, -0.1) is 0 Å². The lowest BCUT2D eigenvalue weighted by Gasteiger charge is -2.64. The Morgan fingerprint density at radius 3 is 1.80 bits per heavy atom. The molecule has 3 aliphatic carbocycles. The fourth-order valence-electron chi connectivity index (χ4n) is 8.82. The maximum atomic E-state index is 13.3. The van der Waals surface area contributed by atoms with Gasteiger partial charge in [-0.25, -0.2) is 4.79 Å². The standard InChI is InChI=1S/C37H48O14/c1-18-26(47-19(2)38)15-25-30(43)32-36(9,33(51-23(6)42)31(50-22(5)41)29(18)35(25,7)8)27(48-20(3)39)16-28(49-21(4)40)37(32,45)17-46-34(44)24-13-11-10-12-14-24/h10-14,25-28,30-33,43,45H,15-17H2,1-9H3/t25-,26+,27-,28-,30+,31+,32+,33-,36+,37+/m1/s1. The van der Waals surface area contributed by atoms with Crippen molar-refractivity contribution in [2.45, 2.75) is 117 Å². The molecule has 0 heterocycles. The minimum atomic E-state index is -2.44. The molecule has 51 heavy (non-hydrogen) atoms. The first-order valence-electron chi connectivity index (χ1n) is 16.9. The predicted molar refractivity (Wildman–Crippen MR) is 176 cm³/mol. The second kappa shape index (κ2) is 14.7. The second-order valence-corrected chi connectivity index (χ2v) is 14.5. The van der Waals surface area contributed by atoms with Gasteiger partial charge >= 0.3 is 35.8 Å². The molecule has 10 atom stereocenters. The van der Waals surface area contributed by atoms with Crippen LogP contribution >= 0.6 is 0 Å². The Bertz CT molecular complexity index is 1580. The second-order valence-electron chi connectivity index (χ2n) is 14.5. The quantitative estimate of drug-likeness (QED) is 0.226. The molecule has 0 spiro atoms. The summed E-state index contributed by atoms with van der Waals surface area (Å²) in [4.78, 5) is 76.9. The van der Waals surface area contributed by atoms with Crippen molar-refractivity contribution in [3.63, 3.8) is 0 Å². The average molecular weight is 717 g/mol. The van der Waals surface area contributed by atoms with Crippen molar-refractivity contribution in [3.8, 4) is 0 Å². The van der Waals surface area contributed by atoms with E-state index in [1.54, 1.807) is 39.0 Å². The van der Waals surface area contributed by atoms with Gasteiger partial charge in [-0.3, -0.25) is 24.0 Å². The van der Waals surface area contributed by atoms with Crippen LogP contribution in [0.5, 0.6) is 0 Å². The molecule has 14 heteroatoms. The molecule has 2 bridgehead atoms. The van der Waals surface area contributed by atoms with Crippen molar-refractivity contribution in [2.24, 2.45) is 22.7 Å². The molecule has 3 aliphatic rings. The molecule has 0 radical (unpaired) electrons. The van der Waals surface area contributed by atoms with E-state index >= 15 is 0 Å². The fourth-order valence-corrected chi connectivity index (χ4v) is 8.82. The van der Waals surface area contributed by atoms with Crippen LogP contribution in [0.15, 0.2) is 41.5 Å². The van der Waals surface area contributed by atoms with Crippen molar-refractivity contribution in [3.05, 3.63) is 47.0 Å². The van der Waals surface area contributed by atoms with Gasteiger partial charge in [-0.05, 0) is 48.0 Å². The fraction of sp³-hybridized carbons (Fsp3) is 0.622. The Kier molecular flexibility index (Phi) is 11.4. The number of aliphatic hydroxyl groups is 2. The van der Waals surface area contributed by atoms with E-state index in [1.807, 2.05) is 0 Å². The number of hydrogen-bond donors (Lipinski definition) is 2. The summed E-state index contributed by atoms with van der Waals surface area (Å²) < 4.78 is 35.0. The summed E-state index contributed by atoms with van der Waals surface area (Å²) in [6.07, 6.45) is -8.86. The van der Waals surface area contributed by atoms with Gasteiger partial charge in [0.25, 0.3) is 0 Å². The Balaban J connectivity index is 2.10. The maximum absolute atomic E-state index is 13.3. The minimum Gasteiger partial charge on any atom is -0.462 e. The third kappa shape index (κ3) is 7.52. The Labute approximate surface area is 296 Å². The van der Waals surface area contributed by atoms with E-state index in [1.165, 1.54) is 26.0 Å². The van der Waals surface area contributed by atoms with Crippen molar-refractivity contribution < 1.29 is 67.4 Å². The van der Waals surface area contributed by atoms with Crippen molar-refractivity contribution in [1.82, 2.24) is 0 Å². The molecule has 0 saturated heterocycles. The topological polar surface area (TPSA) is 198 Å². The smallest absolute Gasteiger partial charge is 0.338 e. The first kappa shape index (κ1) is 39.5. The number of aliphatic hydroxyl groups excluding tert-OH is 1. The number of carbonyl (C=O) groups is 6. The number of carbonyl (C=O) groups excluding carboxylic acids is 6. The normalized spacial score (nSPS) is 34.0. The zero-order valence-corrected chi connectivity index (χ0v) is 30.4. The summed E-state index contributed by atoms with van der Waals surface area (Å²) >= 11 is 0. The molecule has 0 aromatic heterocycles. The van der Waals surface area contributed by atoms with E-state index in [-0.39, 0.29) is 12.0 Å². The van der Waals surface area contributed by atoms with Crippen LogP contribution in [0.2, 0.25) is 0 Å². The van der Waals surface area contributed by atoms with Gasteiger partial charge in [-0.2, -0.15) is 0 Å². The van der Waals surface area contributed by atoms with Crippen molar-refractivity contribution in [1.29, 1.82) is 0 Å². The van der Waals surface area contributed by atoms with Crippen LogP contribution in [-0.2, 0) is 52.4 Å². The van der Waals surface area contributed by atoms with Crippen molar-refractivity contribution >= 4 is 35.8 Å². The summed E-state index contributed by atoms with van der Waals surface area (Å²) in [5.74, 6) is -7.18. The zero-order chi connectivity index (χ0) is 38.2. The SMILES string of the molecule is CC(=O)O[C@H]1C[C@@H]2[C@H](O)[C@@H]3[C@](O)(COC(=O)c4ccccc4)[C@H](OC(C)=O)C[C@@H](OC(C)=O)[C@]3(C)[C@H](OC(C)=O)[C@@H](OC(C)=O)C(=C1C)C2(C)C. The molecule has 1 aromatic carbocycles. The molecule has 0 amide bonds. The molecule has 280 valence electrons. The van der Waals surface area contributed by atoms with Crippen molar-refractivity contribution in [2.75, 3.05) is 6.61 Å². The molecule has 1 aromatic rings. The number of ether oxygens (including phenoxy) is 6. The number of rotatable bonds is 8. The minimum absolute atomic E-state index is 0.0248. The highest BCUT2D eigenvalue weighted by Crippen LogP contribution is 2.62. The summed E-state index contributed by atoms with van der Waals surface area (Å²) in [6, 6.07) is 7.92. The highest BCUT2D eigenvalue weighted by atomic mass is 16.6. The highest BCUT2D eigenvalue weighted by molar-refractivity contribution is 5.89. The molecule has 0 aliphatic heterocycles. The molecule has 2 fully saturated rings. The molecule has 0 unspecified atom stereocenters. The van der Waals surface area contributed by atoms with Gasteiger partial charge in [0.15, 0.2) is 12.2 Å². The monoisotopic (exact) mass is 716 g/mol. The van der Waals surface area contributed by atoms with E-state index in [2.05, 4.69) is 0 Å². The third-order valence-electron chi connectivity index (χ3n) is 10.8. The van der Waals surface area contributed by atoms with E-state index in [0.717, 1.165) is 27.7 Å². The molecular weight excluding hydrogens is 668 g/mol. The van der Waals surface area contributed by atoms with Gasteiger partial charge in [0, 0.05) is 47.0 Å². The largest absolute Gasteiger partial charge is 0.462 e. The highest BCUT2D eigenvalue weighted by Gasteiger charge is 2.73. The van der Waals surface area contributed by atoms with Gasteiger partial charge in [0.2, 0.25) is 0 Å². The lowest BCUT2D eigenvalue weighted by atomic mass is 9.46. The first-order valence-corrected chi connectivity index (χ1v) is 16.9. The maximum Gasteiger partial charge on any atom is 0.338 e. The predicted octanol–water partition coefficient (Wildman–Crippen LogP) is 3.00. The number of hydrogen-bond acceptors (Lipinski definition) is 14. The first-order chi connectivity index (χ1) is 23.7. The van der Waals surface area contributed by atoms with Crippen LogP contribution in [0.4, 0.5) is 0 Å². The lowest BCUT2D eigenvalue weighted by Crippen LogP contribution is -2.76. The van der Waals surface area contributed by atoms with E-state index < -0.39 is 114 Å². The average Bonchev–Trinajstić information content (AvgIpc) is 3.01. The number of benzene rings is 1. The molecule has 4 rings (SSSR count). The third-order valence-corrected chi connectivity index (χ3v) is 10.8. The van der Waals surface area contributed by atoms with Gasteiger partial charge < -0.3 is 38.6 Å². The summed E-state index contributed by atoms with van der Waals surface area (Å²) in [5.41, 5.74) is -4.35. The van der Waals surface area contributed by atoms with E-state index in [0.29, 0.717) is 11.1 Å². The van der Waals surface area contributed by atoms with Crippen LogP contribution in [0, 0.1) is 22.7 Å². The number of fused-ring (bicyclic) bond motifs is 3. The van der Waals surface area contributed by atoms with Crippen LogP contribution in [0.25, 0.3) is 0 Å². The van der Waals surface area contributed by atoms with Crippen LogP contribution < -0.4 is 0 Å². The van der Waals surface area contributed by atoms with E-state index in [4.69, 9.17) is 28.4 Å². The Morgan fingerprint density at radius 1 is 0.745 bits per heavy atom. The summed E-state index contributed by atoms with van der Waals surface area (Å²) in [5, 5.41) is 25.8. The zero-order valence-electron chi connectivity index (χ0n) is 30.4. The molecular formula is C37H48O14. The van der Waals surface area contributed by atoms with Gasteiger partial charge in [0.1, 0.15) is 30.5 Å². The Morgan fingerprint density at radius 2 is 1.27 bits per heavy atom. The summed E-state index contributed by atoms with van der Waals surface area (Å²) in [7, 11) is 0. The number of esters is 6. The molecule has 14 nitrogen and oxygen atoms in total.